The first-order chi connectivity index (χ1) is 9.15. The number of nitrogens with one attached hydrogen (secondary N) is 2. The second-order valence-electron chi connectivity index (χ2n) is 4.10. The highest BCUT2D eigenvalue weighted by atomic mass is 16.7. The van der Waals surface area contributed by atoms with Gasteiger partial charge in [-0.1, -0.05) is 6.07 Å². The topological polar surface area (TPSA) is 104 Å². The summed E-state index contributed by atoms with van der Waals surface area (Å²) in [5.74, 6) is 0.0700. The zero-order valence-electron chi connectivity index (χ0n) is 9.73. The summed E-state index contributed by atoms with van der Waals surface area (Å²) in [7, 11) is 0. The second kappa shape index (κ2) is 4.20. The molecular formula is C12H10N2O5. The van der Waals surface area contributed by atoms with Gasteiger partial charge in [0.15, 0.2) is 11.5 Å². The number of ether oxygens (including phenoxy) is 2. The van der Waals surface area contributed by atoms with Gasteiger partial charge in [0.25, 0.3) is 5.56 Å². The van der Waals surface area contributed by atoms with Gasteiger partial charge >= 0.3 is 5.97 Å². The van der Waals surface area contributed by atoms with Gasteiger partial charge in [0.1, 0.15) is 5.69 Å². The standard InChI is InChI=1S/C12H10N2O5/c15-11-7(10(12(16)17)13-14-11)3-6-1-2-8-9(4-6)19-5-18-8/h1-2,4H,3,5H2,(H,16,17)(H2,13,14,15). The van der Waals surface area contributed by atoms with Crippen LogP contribution >= 0.6 is 0 Å². The number of aromatic carboxylic acids is 1. The van der Waals surface area contributed by atoms with Crippen LogP contribution in [0.25, 0.3) is 0 Å². The molecule has 0 atom stereocenters. The number of H-pyrrole nitrogens is 2. The monoisotopic (exact) mass is 262 g/mol. The highest BCUT2D eigenvalue weighted by Crippen LogP contribution is 2.32. The Morgan fingerprint density at radius 1 is 1.26 bits per heavy atom. The maximum Gasteiger partial charge on any atom is 0.354 e. The lowest BCUT2D eigenvalue weighted by Gasteiger charge is -2.02. The van der Waals surface area contributed by atoms with Gasteiger partial charge < -0.3 is 14.6 Å². The number of aromatic amines is 2. The van der Waals surface area contributed by atoms with Crippen LogP contribution in [-0.2, 0) is 6.42 Å². The Morgan fingerprint density at radius 3 is 2.84 bits per heavy atom. The normalized spacial score (nSPS) is 12.6. The van der Waals surface area contributed by atoms with E-state index in [4.69, 9.17) is 14.6 Å². The third-order valence-electron chi connectivity index (χ3n) is 2.91. The summed E-state index contributed by atoms with van der Waals surface area (Å²) < 4.78 is 10.4. The number of aromatic nitrogens is 2. The number of carboxylic acids is 1. The molecule has 2 aromatic rings. The fourth-order valence-corrected chi connectivity index (χ4v) is 1.99. The van der Waals surface area contributed by atoms with E-state index in [0.717, 1.165) is 5.56 Å². The van der Waals surface area contributed by atoms with Crippen molar-refractivity contribution in [1.82, 2.24) is 10.2 Å². The summed E-state index contributed by atoms with van der Waals surface area (Å²) in [6.45, 7) is 0.171. The first-order valence-corrected chi connectivity index (χ1v) is 5.56. The summed E-state index contributed by atoms with van der Waals surface area (Å²) in [5, 5.41) is 13.6. The molecule has 0 unspecified atom stereocenters. The number of fused-ring (bicyclic) bond motifs is 1. The Bertz CT molecular complexity index is 700. The van der Waals surface area contributed by atoms with Gasteiger partial charge in [0.05, 0.1) is 5.56 Å². The molecular weight excluding hydrogens is 252 g/mol. The van der Waals surface area contributed by atoms with E-state index >= 15 is 0 Å². The number of carboxylic acid groups (broad SMARTS) is 1. The quantitative estimate of drug-likeness (QED) is 0.756. The zero-order chi connectivity index (χ0) is 13.4. The van der Waals surface area contributed by atoms with Gasteiger partial charge in [-0.15, -0.1) is 0 Å². The third-order valence-corrected chi connectivity index (χ3v) is 2.91. The van der Waals surface area contributed by atoms with Gasteiger partial charge in [-0.25, -0.2) is 4.79 Å². The number of hydrogen-bond acceptors (Lipinski definition) is 4. The molecule has 2 heterocycles. The van der Waals surface area contributed by atoms with Gasteiger partial charge in [-0.3, -0.25) is 15.0 Å². The first-order valence-electron chi connectivity index (χ1n) is 5.56. The van der Waals surface area contributed by atoms with Crippen LogP contribution in [-0.4, -0.2) is 28.1 Å². The van der Waals surface area contributed by atoms with Crippen molar-refractivity contribution >= 4 is 5.97 Å². The molecule has 19 heavy (non-hydrogen) atoms. The predicted octanol–water partition coefficient (Wildman–Crippen LogP) is 0.721. The molecule has 0 fully saturated rings. The number of benzene rings is 1. The zero-order valence-corrected chi connectivity index (χ0v) is 9.73. The lowest BCUT2D eigenvalue weighted by molar-refractivity contribution is 0.0689. The summed E-state index contributed by atoms with van der Waals surface area (Å²) >= 11 is 0. The van der Waals surface area contributed by atoms with Crippen molar-refractivity contribution in [3.63, 3.8) is 0 Å². The molecule has 7 nitrogen and oxygen atoms in total. The maximum absolute atomic E-state index is 11.6. The van der Waals surface area contributed by atoms with Crippen molar-refractivity contribution in [2.45, 2.75) is 6.42 Å². The molecule has 0 amide bonds. The minimum atomic E-state index is -1.17. The summed E-state index contributed by atoms with van der Waals surface area (Å²) in [5.41, 5.74) is 0.404. The summed E-state index contributed by atoms with van der Waals surface area (Å²) in [4.78, 5) is 22.6. The van der Waals surface area contributed by atoms with E-state index in [9.17, 15) is 9.59 Å². The van der Waals surface area contributed by atoms with E-state index in [-0.39, 0.29) is 24.5 Å². The van der Waals surface area contributed by atoms with Crippen molar-refractivity contribution in [2.24, 2.45) is 0 Å². The van der Waals surface area contributed by atoms with E-state index in [1.54, 1.807) is 18.2 Å². The largest absolute Gasteiger partial charge is 0.477 e. The van der Waals surface area contributed by atoms with Gasteiger partial charge in [-0.2, -0.15) is 0 Å². The average Bonchev–Trinajstić information content (AvgIpc) is 2.97. The minimum Gasteiger partial charge on any atom is -0.477 e. The fraction of sp³-hybridized carbons (Fsp3) is 0.167. The van der Waals surface area contributed by atoms with Gasteiger partial charge in [0.2, 0.25) is 6.79 Å². The Morgan fingerprint density at radius 2 is 2.05 bits per heavy atom. The molecule has 0 bridgehead atoms. The van der Waals surface area contributed by atoms with Crippen molar-refractivity contribution in [2.75, 3.05) is 6.79 Å². The molecule has 0 aliphatic carbocycles. The lowest BCUT2D eigenvalue weighted by Crippen LogP contribution is -2.10. The lowest BCUT2D eigenvalue weighted by atomic mass is 10.0. The molecule has 3 rings (SSSR count). The smallest absolute Gasteiger partial charge is 0.354 e. The fourth-order valence-electron chi connectivity index (χ4n) is 1.99. The van der Waals surface area contributed by atoms with Crippen LogP contribution in [0.1, 0.15) is 21.6 Å². The number of rotatable bonds is 3. The number of hydrogen-bond donors (Lipinski definition) is 3. The first kappa shape index (κ1) is 11.4. The van der Waals surface area contributed by atoms with Crippen LogP contribution in [0.5, 0.6) is 11.5 Å². The molecule has 0 spiro atoms. The van der Waals surface area contributed by atoms with E-state index in [1.165, 1.54) is 0 Å². The van der Waals surface area contributed by atoms with E-state index < -0.39 is 11.5 Å². The van der Waals surface area contributed by atoms with Crippen molar-refractivity contribution in [1.29, 1.82) is 0 Å². The molecule has 0 radical (unpaired) electrons. The second-order valence-corrected chi connectivity index (χ2v) is 4.10. The van der Waals surface area contributed by atoms with Crippen LogP contribution < -0.4 is 15.0 Å². The molecule has 3 N–H and O–H groups in total. The van der Waals surface area contributed by atoms with E-state index in [0.29, 0.717) is 11.5 Å². The van der Waals surface area contributed by atoms with Gasteiger partial charge in [0, 0.05) is 6.42 Å². The molecule has 1 aromatic carbocycles. The van der Waals surface area contributed by atoms with Crippen LogP contribution in [0.15, 0.2) is 23.0 Å². The molecule has 0 saturated carbocycles. The molecule has 1 aromatic heterocycles. The molecule has 0 saturated heterocycles. The molecule has 98 valence electrons. The Balaban J connectivity index is 1.95. The Kier molecular flexibility index (Phi) is 2.52. The average molecular weight is 262 g/mol. The molecule has 7 heteroatoms. The van der Waals surface area contributed by atoms with Crippen LogP contribution in [0, 0.1) is 0 Å². The maximum atomic E-state index is 11.6. The minimum absolute atomic E-state index is 0.123. The van der Waals surface area contributed by atoms with Crippen LogP contribution in [0.2, 0.25) is 0 Å². The van der Waals surface area contributed by atoms with Crippen LogP contribution in [0.4, 0.5) is 0 Å². The van der Waals surface area contributed by atoms with E-state index in [2.05, 4.69) is 10.2 Å². The third kappa shape index (κ3) is 1.95. The summed E-state index contributed by atoms with van der Waals surface area (Å²) in [6, 6.07) is 5.24. The highest BCUT2D eigenvalue weighted by Gasteiger charge is 2.18. The van der Waals surface area contributed by atoms with Crippen molar-refractivity contribution < 1.29 is 19.4 Å². The molecule has 1 aliphatic heterocycles. The van der Waals surface area contributed by atoms with Gasteiger partial charge in [-0.05, 0) is 17.7 Å². The predicted molar refractivity (Wildman–Crippen MR) is 63.7 cm³/mol. The van der Waals surface area contributed by atoms with Crippen molar-refractivity contribution in [3.05, 3.63) is 45.4 Å². The Hall–Kier alpha value is -2.70. The van der Waals surface area contributed by atoms with Crippen LogP contribution in [0.3, 0.4) is 0 Å². The SMILES string of the molecule is O=C(O)c1[nH][nH]c(=O)c1Cc1ccc2c(c1)OCO2. The number of carbonyl (C=O) groups is 1. The summed E-state index contributed by atoms with van der Waals surface area (Å²) in [6.07, 6.45) is 0.205. The highest BCUT2D eigenvalue weighted by molar-refractivity contribution is 5.87. The Labute approximate surface area is 106 Å². The van der Waals surface area contributed by atoms with E-state index in [1.807, 2.05) is 0 Å². The molecule has 1 aliphatic rings. The van der Waals surface area contributed by atoms with Crippen molar-refractivity contribution in [3.8, 4) is 11.5 Å².